The zero-order chi connectivity index (χ0) is 15.0. The summed E-state index contributed by atoms with van der Waals surface area (Å²) in [7, 11) is 0. The number of hydrogen-bond acceptors (Lipinski definition) is 3. The minimum Gasteiger partial charge on any atom is -0.352 e. The molecule has 0 aliphatic rings. The van der Waals surface area contributed by atoms with Crippen LogP contribution in [0.4, 0.5) is 0 Å². The van der Waals surface area contributed by atoms with Gasteiger partial charge in [0.25, 0.3) is 0 Å². The van der Waals surface area contributed by atoms with Gasteiger partial charge in [-0.15, -0.1) is 0 Å². The van der Waals surface area contributed by atoms with Gasteiger partial charge in [-0.3, -0.25) is 9.59 Å². The highest BCUT2D eigenvalue weighted by molar-refractivity contribution is 5.84. The second kappa shape index (κ2) is 7.95. The van der Waals surface area contributed by atoms with Gasteiger partial charge in [0.05, 0.1) is 18.2 Å². The van der Waals surface area contributed by atoms with Gasteiger partial charge in [0, 0.05) is 12.5 Å². The van der Waals surface area contributed by atoms with Crippen LogP contribution in [0.5, 0.6) is 0 Å². The monoisotopic (exact) mass is 273 g/mol. The van der Waals surface area contributed by atoms with E-state index in [2.05, 4.69) is 10.6 Å². The van der Waals surface area contributed by atoms with Crippen LogP contribution in [0, 0.1) is 11.3 Å². The number of benzene rings is 1. The lowest BCUT2D eigenvalue weighted by Crippen LogP contribution is -2.39. The van der Waals surface area contributed by atoms with E-state index in [1.54, 1.807) is 12.1 Å². The first-order valence-corrected chi connectivity index (χ1v) is 6.56. The van der Waals surface area contributed by atoms with E-state index < -0.39 is 0 Å². The van der Waals surface area contributed by atoms with Gasteiger partial charge < -0.3 is 10.6 Å². The summed E-state index contributed by atoms with van der Waals surface area (Å²) in [6.45, 7) is 3.74. The van der Waals surface area contributed by atoms with E-state index in [4.69, 9.17) is 5.26 Å². The molecule has 5 heteroatoms. The maximum absolute atomic E-state index is 11.6. The molecule has 0 saturated heterocycles. The number of carbonyl (C=O) groups excluding carboxylic acids is 2. The Balaban J connectivity index is 2.29. The Morgan fingerprint density at radius 2 is 1.85 bits per heavy atom. The van der Waals surface area contributed by atoms with Crippen LogP contribution >= 0.6 is 0 Å². The van der Waals surface area contributed by atoms with Crippen molar-refractivity contribution in [3.63, 3.8) is 0 Å². The highest BCUT2D eigenvalue weighted by atomic mass is 16.2. The standard InChI is InChI=1S/C15H19N3O2/c1-11(2)18-15(20)10-17-14(19)8-7-12-3-5-13(9-16)6-4-12/h3-6,11H,7-8,10H2,1-2H3,(H,17,19)(H,18,20). The fraction of sp³-hybridized carbons (Fsp3) is 0.400. The molecule has 20 heavy (non-hydrogen) atoms. The van der Waals surface area contributed by atoms with Crippen molar-refractivity contribution in [3.05, 3.63) is 35.4 Å². The molecule has 0 spiro atoms. The van der Waals surface area contributed by atoms with Crippen molar-refractivity contribution in [2.24, 2.45) is 0 Å². The molecule has 106 valence electrons. The molecule has 2 N–H and O–H groups in total. The second-order valence-corrected chi connectivity index (χ2v) is 4.81. The lowest BCUT2D eigenvalue weighted by molar-refractivity contribution is -0.126. The average molecular weight is 273 g/mol. The Labute approximate surface area is 119 Å². The Bertz CT molecular complexity index is 501. The third-order valence-electron chi connectivity index (χ3n) is 2.62. The molecule has 0 atom stereocenters. The van der Waals surface area contributed by atoms with Gasteiger partial charge in [-0.25, -0.2) is 0 Å². The molecule has 0 radical (unpaired) electrons. The lowest BCUT2D eigenvalue weighted by Gasteiger charge is -2.09. The summed E-state index contributed by atoms with van der Waals surface area (Å²) in [4.78, 5) is 22.9. The first-order valence-electron chi connectivity index (χ1n) is 6.56. The van der Waals surface area contributed by atoms with Gasteiger partial charge in [-0.1, -0.05) is 12.1 Å². The Kier molecular flexibility index (Phi) is 6.24. The highest BCUT2D eigenvalue weighted by Crippen LogP contribution is 2.05. The number of aryl methyl sites for hydroxylation is 1. The maximum Gasteiger partial charge on any atom is 0.239 e. The number of amides is 2. The molecule has 1 aromatic rings. The summed E-state index contributed by atoms with van der Waals surface area (Å²) in [6.07, 6.45) is 0.907. The average Bonchev–Trinajstić information content (AvgIpc) is 2.42. The summed E-state index contributed by atoms with van der Waals surface area (Å²) in [5.74, 6) is -0.347. The van der Waals surface area contributed by atoms with Gasteiger partial charge in [-0.05, 0) is 38.0 Å². The van der Waals surface area contributed by atoms with Gasteiger partial charge in [0.1, 0.15) is 0 Å². The smallest absolute Gasteiger partial charge is 0.239 e. The number of nitriles is 1. The topological polar surface area (TPSA) is 82.0 Å². The van der Waals surface area contributed by atoms with E-state index in [-0.39, 0.29) is 24.4 Å². The molecular weight excluding hydrogens is 254 g/mol. The Morgan fingerprint density at radius 3 is 2.40 bits per heavy atom. The second-order valence-electron chi connectivity index (χ2n) is 4.81. The summed E-state index contributed by atoms with van der Waals surface area (Å²) < 4.78 is 0. The SMILES string of the molecule is CC(C)NC(=O)CNC(=O)CCc1ccc(C#N)cc1. The molecule has 2 amide bonds. The van der Waals surface area contributed by atoms with Crippen LogP contribution in [0.15, 0.2) is 24.3 Å². The van der Waals surface area contributed by atoms with Crippen molar-refractivity contribution < 1.29 is 9.59 Å². The molecule has 0 fully saturated rings. The summed E-state index contributed by atoms with van der Waals surface area (Å²) in [6, 6.07) is 9.22. The van der Waals surface area contributed by atoms with E-state index >= 15 is 0 Å². The molecule has 1 rings (SSSR count). The molecular formula is C15H19N3O2. The van der Waals surface area contributed by atoms with E-state index in [0.717, 1.165) is 5.56 Å². The number of nitrogens with zero attached hydrogens (tertiary/aromatic N) is 1. The quantitative estimate of drug-likeness (QED) is 0.815. The van der Waals surface area contributed by atoms with Gasteiger partial charge in [-0.2, -0.15) is 5.26 Å². The van der Waals surface area contributed by atoms with Crippen LogP contribution in [0.1, 0.15) is 31.4 Å². The third-order valence-corrected chi connectivity index (χ3v) is 2.62. The van der Waals surface area contributed by atoms with Crippen LogP contribution in [0.2, 0.25) is 0 Å². The summed E-state index contributed by atoms with van der Waals surface area (Å²) >= 11 is 0. The van der Waals surface area contributed by atoms with Gasteiger partial charge in [0.2, 0.25) is 11.8 Å². The molecule has 0 saturated carbocycles. The number of carbonyl (C=O) groups is 2. The highest BCUT2D eigenvalue weighted by Gasteiger charge is 2.06. The minimum atomic E-state index is -0.188. The first-order chi connectivity index (χ1) is 9.51. The van der Waals surface area contributed by atoms with Crippen LogP contribution in [0.3, 0.4) is 0 Å². The molecule has 5 nitrogen and oxygen atoms in total. The van der Waals surface area contributed by atoms with E-state index in [0.29, 0.717) is 18.4 Å². The zero-order valence-electron chi connectivity index (χ0n) is 11.8. The lowest BCUT2D eigenvalue weighted by atomic mass is 10.1. The third kappa shape index (κ3) is 6.01. The molecule has 0 aromatic heterocycles. The van der Waals surface area contributed by atoms with Crippen LogP contribution < -0.4 is 10.6 Å². The normalized spacial score (nSPS) is 9.90. The molecule has 0 heterocycles. The maximum atomic E-state index is 11.6. The molecule has 0 bridgehead atoms. The predicted molar refractivity (Wildman–Crippen MR) is 75.8 cm³/mol. The summed E-state index contributed by atoms with van der Waals surface area (Å²) in [5, 5.41) is 14.0. The predicted octanol–water partition coefficient (Wildman–Crippen LogP) is 1.13. The van der Waals surface area contributed by atoms with E-state index in [1.165, 1.54) is 0 Å². The Morgan fingerprint density at radius 1 is 1.20 bits per heavy atom. The molecule has 0 unspecified atom stereocenters. The fourth-order valence-corrected chi connectivity index (χ4v) is 1.64. The van der Waals surface area contributed by atoms with Gasteiger partial charge in [0.15, 0.2) is 0 Å². The van der Waals surface area contributed by atoms with Crippen molar-refractivity contribution in [1.82, 2.24) is 10.6 Å². The number of rotatable bonds is 6. The van der Waals surface area contributed by atoms with Crippen molar-refractivity contribution in [1.29, 1.82) is 5.26 Å². The number of hydrogen-bond donors (Lipinski definition) is 2. The van der Waals surface area contributed by atoms with Crippen molar-refractivity contribution in [2.75, 3.05) is 6.54 Å². The molecule has 0 aliphatic carbocycles. The first kappa shape index (κ1) is 15.7. The van der Waals surface area contributed by atoms with Crippen LogP contribution in [0.25, 0.3) is 0 Å². The van der Waals surface area contributed by atoms with Crippen LogP contribution in [-0.4, -0.2) is 24.4 Å². The van der Waals surface area contributed by atoms with Crippen molar-refractivity contribution in [2.45, 2.75) is 32.7 Å². The molecule has 0 aliphatic heterocycles. The zero-order valence-corrected chi connectivity index (χ0v) is 11.8. The van der Waals surface area contributed by atoms with E-state index in [1.807, 2.05) is 32.0 Å². The van der Waals surface area contributed by atoms with E-state index in [9.17, 15) is 9.59 Å². The fourth-order valence-electron chi connectivity index (χ4n) is 1.64. The largest absolute Gasteiger partial charge is 0.352 e. The minimum absolute atomic E-state index is 0.00435. The van der Waals surface area contributed by atoms with Gasteiger partial charge >= 0.3 is 0 Å². The van der Waals surface area contributed by atoms with Crippen molar-refractivity contribution >= 4 is 11.8 Å². The Hall–Kier alpha value is -2.35. The van der Waals surface area contributed by atoms with Crippen LogP contribution in [-0.2, 0) is 16.0 Å². The molecule has 1 aromatic carbocycles. The summed E-state index contributed by atoms with van der Waals surface area (Å²) in [5.41, 5.74) is 1.59. The van der Waals surface area contributed by atoms with Crippen molar-refractivity contribution in [3.8, 4) is 6.07 Å². The number of nitrogens with one attached hydrogen (secondary N) is 2.